The summed E-state index contributed by atoms with van der Waals surface area (Å²) in [5.74, 6) is 1.22. The molecule has 0 aromatic heterocycles. The lowest BCUT2D eigenvalue weighted by Crippen LogP contribution is -2.36. The quantitative estimate of drug-likeness (QED) is 0.799. The van der Waals surface area contributed by atoms with Crippen molar-refractivity contribution in [1.29, 1.82) is 0 Å². The number of aliphatic hydroxyl groups is 1. The molecule has 2 atom stereocenters. The van der Waals surface area contributed by atoms with E-state index in [0.29, 0.717) is 24.8 Å². The van der Waals surface area contributed by atoms with Gasteiger partial charge in [-0.15, -0.1) is 0 Å². The highest BCUT2D eigenvalue weighted by molar-refractivity contribution is 5.78. The molecule has 17 heavy (non-hydrogen) atoms. The van der Waals surface area contributed by atoms with Crippen LogP contribution < -0.4 is 0 Å². The first-order valence-electron chi connectivity index (χ1n) is 7.16. The Balaban J connectivity index is 1.80. The molecule has 2 aliphatic rings. The second kappa shape index (κ2) is 5.85. The summed E-state index contributed by atoms with van der Waals surface area (Å²) in [7, 11) is 0. The predicted molar refractivity (Wildman–Crippen MR) is 67.6 cm³/mol. The fraction of sp³-hybridized carbons (Fsp3) is 0.929. The summed E-state index contributed by atoms with van der Waals surface area (Å²) in [5, 5.41) is 10.1. The molecule has 1 amide bonds. The Kier molecular flexibility index (Phi) is 4.43. The van der Waals surface area contributed by atoms with Gasteiger partial charge >= 0.3 is 0 Å². The van der Waals surface area contributed by atoms with Crippen LogP contribution in [0, 0.1) is 11.8 Å². The van der Waals surface area contributed by atoms with Crippen molar-refractivity contribution >= 4 is 5.91 Å². The summed E-state index contributed by atoms with van der Waals surface area (Å²) in [5.41, 5.74) is 0. The normalized spacial score (nSPS) is 28.0. The Morgan fingerprint density at radius 1 is 1.41 bits per heavy atom. The SMILES string of the molecule is CCCC1CC(=O)N(CC(O)C2CCCC2)C1. The summed E-state index contributed by atoms with van der Waals surface area (Å²) >= 11 is 0. The van der Waals surface area contributed by atoms with Gasteiger partial charge < -0.3 is 10.0 Å². The molecule has 1 saturated heterocycles. The number of hydrogen-bond acceptors (Lipinski definition) is 2. The van der Waals surface area contributed by atoms with E-state index in [-0.39, 0.29) is 12.0 Å². The molecule has 2 unspecified atom stereocenters. The molecule has 0 radical (unpaired) electrons. The van der Waals surface area contributed by atoms with Crippen LogP contribution in [0.15, 0.2) is 0 Å². The van der Waals surface area contributed by atoms with Gasteiger partial charge in [0, 0.05) is 19.5 Å². The molecular weight excluding hydrogens is 214 g/mol. The van der Waals surface area contributed by atoms with Crippen LogP contribution >= 0.6 is 0 Å². The minimum atomic E-state index is -0.290. The number of carbonyl (C=O) groups excluding carboxylic acids is 1. The second-order valence-electron chi connectivity index (χ2n) is 5.77. The van der Waals surface area contributed by atoms with Crippen LogP contribution in [-0.4, -0.2) is 35.1 Å². The third-order valence-corrected chi connectivity index (χ3v) is 4.34. The zero-order valence-electron chi connectivity index (χ0n) is 10.9. The molecule has 1 heterocycles. The third-order valence-electron chi connectivity index (χ3n) is 4.34. The maximum absolute atomic E-state index is 11.8. The standard InChI is InChI=1S/C14H25NO2/c1-2-5-11-8-14(17)15(9-11)10-13(16)12-6-3-4-7-12/h11-13,16H,2-10H2,1H3. The van der Waals surface area contributed by atoms with Crippen molar-refractivity contribution in [3.63, 3.8) is 0 Å². The molecule has 98 valence electrons. The average Bonchev–Trinajstić information content (AvgIpc) is 2.90. The number of hydrogen-bond donors (Lipinski definition) is 1. The summed E-state index contributed by atoms with van der Waals surface area (Å²) in [6, 6.07) is 0. The summed E-state index contributed by atoms with van der Waals surface area (Å²) in [6.45, 7) is 3.61. The number of nitrogens with zero attached hydrogens (tertiary/aromatic N) is 1. The number of aliphatic hydroxyl groups excluding tert-OH is 1. The average molecular weight is 239 g/mol. The molecule has 1 N–H and O–H groups in total. The largest absolute Gasteiger partial charge is 0.391 e. The predicted octanol–water partition coefficient (Wildman–Crippen LogP) is 2.19. The molecule has 3 heteroatoms. The lowest BCUT2D eigenvalue weighted by Gasteiger charge is -2.24. The number of amides is 1. The molecule has 1 saturated carbocycles. The van der Waals surface area contributed by atoms with E-state index in [9.17, 15) is 9.90 Å². The highest BCUT2D eigenvalue weighted by Crippen LogP contribution is 2.29. The van der Waals surface area contributed by atoms with Gasteiger partial charge in [-0.3, -0.25) is 4.79 Å². The molecule has 1 aliphatic carbocycles. The topological polar surface area (TPSA) is 40.5 Å². The molecule has 0 bridgehead atoms. The number of likely N-dealkylation sites (tertiary alicyclic amines) is 1. The fourth-order valence-corrected chi connectivity index (χ4v) is 3.35. The van der Waals surface area contributed by atoms with Crippen molar-refractivity contribution in [2.24, 2.45) is 11.8 Å². The van der Waals surface area contributed by atoms with Gasteiger partial charge in [-0.1, -0.05) is 26.2 Å². The zero-order valence-corrected chi connectivity index (χ0v) is 10.9. The van der Waals surface area contributed by atoms with Gasteiger partial charge in [-0.05, 0) is 31.1 Å². The van der Waals surface area contributed by atoms with Gasteiger partial charge in [-0.25, -0.2) is 0 Å². The molecule has 0 aromatic rings. The Morgan fingerprint density at radius 2 is 2.12 bits per heavy atom. The molecule has 3 nitrogen and oxygen atoms in total. The fourth-order valence-electron chi connectivity index (χ4n) is 3.35. The first kappa shape index (κ1) is 12.9. The lowest BCUT2D eigenvalue weighted by atomic mass is 10.0. The van der Waals surface area contributed by atoms with E-state index in [2.05, 4.69) is 6.92 Å². The van der Waals surface area contributed by atoms with Crippen molar-refractivity contribution in [2.45, 2.75) is 58.0 Å². The molecule has 2 rings (SSSR count). The minimum Gasteiger partial charge on any atom is -0.391 e. The van der Waals surface area contributed by atoms with Crippen LogP contribution in [0.5, 0.6) is 0 Å². The van der Waals surface area contributed by atoms with E-state index in [1.165, 1.54) is 12.8 Å². The lowest BCUT2D eigenvalue weighted by molar-refractivity contribution is -0.129. The summed E-state index contributed by atoms with van der Waals surface area (Å²) < 4.78 is 0. The highest BCUT2D eigenvalue weighted by atomic mass is 16.3. The van der Waals surface area contributed by atoms with Crippen LogP contribution in [0.2, 0.25) is 0 Å². The maximum Gasteiger partial charge on any atom is 0.223 e. The van der Waals surface area contributed by atoms with Crippen LogP contribution in [0.25, 0.3) is 0 Å². The first-order valence-corrected chi connectivity index (χ1v) is 7.16. The van der Waals surface area contributed by atoms with E-state index in [4.69, 9.17) is 0 Å². The van der Waals surface area contributed by atoms with E-state index >= 15 is 0 Å². The summed E-state index contributed by atoms with van der Waals surface area (Å²) in [4.78, 5) is 13.7. The van der Waals surface area contributed by atoms with E-state index in [0.717, 1.165) is 32.2 Å². The van der Waals surface area contributed by atoms with E-state index in [1.54, 1.807) is 0 Å². The Hall–Kier alpha value is -0.570. The minimum absolute atomic E-state index is 0.250. The van der Waals surface area contributed by atoms with Crippen molar-refractivity contribution < 1.29 is 9.90 Å². The number of β-amino-alcohol motifs (C(OH)–C–C–N with tert-alkyl or cyclic N) is 1. The zero-order chi connectivity index (χ0) is 12.3. The second-order valence-corrected chi connectivity index (χ2v) is 5.77. The monoisotopic (exact) mass is 239 g/mol. The van der Waals surface area contributed by atoms with Gasteiger partial charge in [0.1, 0.15) is 0 Å². The van der Waals surface area contributed by atoms with Gasteiger partial charge in [-0.2, -0.15) is 0 Å². The van der Waals surface area contributed by atoms with Crippen molar-refractivity contribution in [2.75, 3.05) is 13.1 Å². The Bertz CT molecular complexity index is 261. The Morgan fingerprint density at radius 3 is 2.76 bits per heavy atom. The van der Waals surface area contributed by atoms with Gasteiger partial charge in [0.25, 0.3) is 0 Å². The Labute approximate surface area is 104 Å². The van der Waals surface area contributed by atoms with Gasteiger partial charge in [0.05, 0.1) is 6.10 Å². The molecule has 0 spiro atoms. The molecule has 2 fully saturated rings. The van der Waals surface area contributed by atoms with Crippen LogP contribution in [0.4, 0.5) is 0 Å². The van der Waals surface area contributed by atoms with Crippen LogP contribution in [0.3, 0.4) is 0 Å². The van der Waals surface area contributed by atoms with Gasteiger partial charge in [0.15, 0.2) is 0 Å². The third kappa shape index (κ3) is 3.21. The van der Waals surface area contributed by atoms with Crippen molar-refractivity contribution in [3.05, 3.63) is 0 Å². The van der Waals surface area contributed by atoms with Crippen molar-refractivity contribution in [3.8, 4) is 0 Å². The summed E-state index contributed by atoms with van der Waals surface area (Å²) in [6.07, 6.45) is 7.47. The number of rotatable bonds is 5. The van der Waals surface area contributed by atoms with Crippen LogP contribution in [0.1, 0.15) is 51.9 Å². The molecule has 0 aromatic carbocycles. The van der Waals surface area contributed by atoms with Crippen LogP contribution in [-0.2, 0) is 4.79 Å². The van der Waals surface area contributed by atoms with Gasteiger partial charge in [0.2, 0.25) is 5.91 Å². The first-order chi connectivity index (χ1) is 8.20. The number of carbonyl (C=O) groups is 1. The van der Waals surface area contributed by atoms with E-state index in [1.807, 2.05) is 4.90 Å². The van der Waals surface area contributed by atoms with E-state index < -0.39 is 0 Å². The molecule has 1 aliphatic heterocycles. The highest BCUT2D eigenvalue weighted by Gasteiger charge is 2.32. The molecular formula is C14H25NO2. The smallest absolute Gasteiger partial charge is 0.223 e. The maximum atomic E-state index is 11.8. The van der Waals surface area contributed by atoms with Crippen molar-refractivity contribution in [1.82, 2.24) is 4.90 Å².